The third-order valence-corrected chi connectivity index (χ3v) is 6.76. The van der Waals surface area contributed by atoms with E-state index in [1.54, 1.807) is 17.0 Å². The standard InChI is InChI=1S/C19H18N2O4S/c1-13-12-14-6-2-4-8-16(14)21(13)18(22)10-11-20-19(23)15-7-3-5-9-17(15)26(20,24)25/h2-9,13H,10-12H2,1H3. The Hall–Kier alpha value is -2.67. The van der Waals surface area contributed by atoms with Gasteiger partial charge in [-0.2, -0.15) is 0 Å². The number of sulfonamides is 1. The van der Waals surface area contributed by atoms with Crippen molar-refractivity contribution in [2.24, 2.45) is 0 Å². The van der Waals surface area contributed by atoms with Crippen molar-refractivity contribution in [2.45, 2.75) is 30.7 Å². The molecule has 26 heavy (non-hydrogen) atoms. The van der Waals surface area contributed by atoms with Gasteiger partial charge in [0.2, 0.25) is 5.91 Å². The van der Waals surface area contributed by atoms with Crippen molar-refractivity contribution >= 4 is 27.5 Å². The molecule has 1 unspecified atom stereocenters. The third kappa shape index (κ3) is 2.42. The summed E-state index contributed by atoms with van der Waals surface area (Å²) in [4.78, 5) is 26.9. The van der Waals surface area contributed by atoms with Crippen LogP contribution in [0.4, 0.5) is 5.69 Å². The Balaban J connectivity index is 1.54. The molecule has 2 heterocycles. The number of carbonyl (C=O) groups excluding carboxylic acids is 2. The fraction of sp³-hybridized carbons (Fsp3) is 0.263. The van der Waals surface area contributed by atoms with E-state index in [-0.39, 0.29) is 35.4 Å². The van der Waals surface area contributed by atoms with Crippen LogP contribution in [0, 0.1) is 0 Å². The van der Waals surface area contributed by atoms with Gasteiger partial charge in [-0.1, -0.05) is 30.3 Å². The first-order valence-electron chi connectivity index (χ1n) is 8.47. The molecular weight excluding hydrogens is 352 g/mol. The van der Waals surface area contributed by atoms with Crippen molar-refractivity contribution in [3.8, 4) is 0 Å². The van der Waals surface area contributed by atoms with Crippen LogP contribution in [-0.2, 0) is 21.2 Å². The van der Waals surface area contributed by atoms with Crippen LogP contribution in [0.2, 0.25) is 0 Å². The first kappa shape index (κ1) is 16.8. The summed E-state index contributed by atoms with van der Waals surface area (Å²) in [5.74, 6) is -0.746. The van der Waals surface area contributed by atoms with Crippen LogP contribution in [0.25, 0.3) is 0 Å². The second-order valence-electron chi connectivity index (χ2n) is 6.57. The van der Waals surface area contributed by atoms with Crippen LogP contribution < -0.4 is 4.90 Å². The van der Waals surface area contributed by atoms with E-state index in [2.05, 4.69) is 0 Å². The van der Waals surface area contributed by atoms with Crippen LogP contribution in [0.1, 0.15) is 29.3 Å². The maximum absolute atomic E-state index is 12.8. The molecule has 6 nitrogen and oxygen atoms in total. The number of anilines is 1. The van der Waals surface area contributed by atoms with Gasteiger partial charge in [0.25, 0.3) is 15.9 Å². The van der Waals surface area contributed by atoms with Gasteiger partial charge in [0.05, 0.1) is 5.56 Å². The normalized spacial score (nSPS) is 20.2. The zero-order valence-electron chi connectivity index (χ0n) is 14.3. The van der Waals surface area contributed by atoms with Gasteiger partial charge in [-0.15, -0.1) is 0 Å². The third-order valence-electron chi connectivity index (χ3n) is 4.92. The number of nitrogens with zero attached hydrogens (tertiary/aromatic N) is 2. The minimum Gasteiger partial charge on any atom is -0.309 e. The molecule has 0 aromatic heterocycles. The van der Waals surface area contributed by atoms with E-state index < -0.39 is 15.9 Å². The minimum atomic E-state index is -3.88. The minimum absolute atomic E-state index is 0.0114. The molecule has 4 rings (SSSR count). The molecule has 134 valence electrons. The zero-order chi connectivity index (χ0) is 18.5. The SMILES string of the molecule is CC1Cc2ccccc2N1C(=O)CCN1C(=O)c2ccccc2S1(=O)=O. The molecule has 0 aliphatic carbocycles. The summed E-state index contributed by atoms with van der Waals surface area (Å²) in [5, 5.41) is 0. The summed E-state index contributed by atoms with van der Waals surface area (Å²) in [6.07, 6.45) is 0.728. The lowest BCUT2D eigenvalue weighted by Crippen LogP contribution is -2.39. The summed E-state index contributed by atoms with van der Waals surface area (Å²) in [7, 11) is -3.88. The molecule has 0 spiro atoms. The van der Waals surface area contributed by atoms with Crippen LogP contribution >= 0.6 is 0 Å². The smallest absolute Gasteiger partial charge is 0.269 e. The van der Waals surface area contributed by atoms with E-state index in [1.165, 1.54) is 12.1 Å². The molecule has 0 fully saturated rings. The van der Waals surface area contributed by atoms with Crippen molar-refractivity contribution in [3.05, 3.63) is 59.7 Å². The first-order valence-corrected chi connectivity index (χ1v) is 9.91. The number of para-hydroxylation sites is 1. The number of rotatable bonds is 3. The fourth-order valence-electron chi connectivity index (χ4n) is 3.72. The van der Waals surface area contributed by atoms with Crippen LogP contribution in [-0.4, -0.2) is 37.1 Å². The average Bonchev–Trinajstić information content (AvgIpc) is 3.05. The lowest BCUT2D eigenvalue weighted by atomic mass is 10.1. The van der Waals surface area contributed by atoms with Crippen molar-refractivity contribution in [1.82, 2.24) is 4.31 Å². The van der Waals surface area contributed by atoms with Crippen molar-refractivity contribution in [1.29, 1.82) is 0 Å². The number of benzene rings is 2. The number of hydrogen-bond donors (Lipinski definition) is 0. The number of fused-ring (bicyclic) bond motifs is 2. The molecule has 0 radical (unpaired) electrons. The van der Waals surface area contributed by atoms with Crippen LogP contribution in [0.3, 0.4) is 0 Å². The second-order valence-corrected chi connectivity index (χ2v) is 8.40. The highest BCUT2D eigenvalue weighted by Gasteiger charge is 2.41. The Bertz CT molecular complexity index is 1020. The molecule has 2 aliphatic heterocycles. The van der Waals surface area contributed by atoms with Gasteiger partial charge in [0.15, 0.2) is 0 Å². The molecule has 2 amide bonds. The number of carbonyl (C=O) groups is 2. The van der Waals surface area contributed by atoms with Crippen molar-refractivity contribution < 1.29 is 18.0 Å². The van der Waals surface area contributed by atoms with Gasteiger partial charge in [-0.05, 0) is 37.1 Å². The van der Waals surface area contributed by atoms with Gasteiger partial charge in [-0.3, -0.25) is 9.59 Å². The summed E-state index contributed by atoms with van der Waals surface area (Å²) in [5.41, 5.74) is 2.13. The number of amides is 2. The summed E-state index contributed by atoms with van der Waals surface area (Å²) in [6.45, 7) is 1.81. The summed E-state index contributed by atoms with van der Waals surface area (Å²) in [6, 6.07) is 13.8. The molecule has 0 saturated carbocycles. The van der Waals surface area contributed by atoms with E-state index in [0.717, 1.165) is 22.0 Å². The summed E-state index contributed by atoms with van der Waals surface area (Å²) < 4.78 is 26.0. The highest BCUT2D eigenvalue weighted by molar-refractivity contribution is 7.90. The largest absolute Gasteiger partial charge is 0.309 e. The molecule has 0 N–H and O–H groups in total. The molecule has 0 saturated heterocycles. The van der Waals surface area contributed by atoms with Crippen molar-refractivity contribution in [3.63, 3.8) is 0 Å². The van der Waals surface area contributed by atoms with Crippen LogP contribution in [0.5, 0.6) is 0 Å². The predicted octanol–water partition coefficient (Wildman–Crippen LogP) is 2.20. The Morgan fingerprint density at radius 3 is 2.58 bits per heavy atom. The lowest BCUT2D eigenvalue weighted by Gasteiger charge is -2.24. The maximum atomic E-state index is 12.8. The molecule has 1 atom stereocenters. The van der Waals surface area contributed by atoms with Gasteiger partial charge < -0.3 is 4.90 Å². The highest BCUT2D eigenvalue weighted by Crippen LogP contribution is 2.33. The molecular formula is C19H18N2O4S. The van der Waals surface area contributed by atoms with E-state index in [4.69, 9.17) is 0 Å². The van der Waals surface area contributed by atoms with Gasteiger partial charge >= 0.3 is 0 Å². The Labute approximate surface area is 152 Å². The second kappa shape index (κ2) is 5.95. The molecule has 2 aliphatic rings. The predicted molar refractivity (Wildman–Crippen MR) is 96.4 cm³/mol. The van der Waals surface area contributed by atoms with Crippen molar-refractivity contribution in [2.75, 3.05) is 11.4 Å². The van der Waals surface area contributed by atoms with E-state index >= 15 is 0 Å². The highest BCUT2D eigenvalue weighted by atomic mass is 32.2. The lowest BCUT2D eigenvalue weighted by molar-refractivity contribution is -0.118. The zero-order valence-corrected chi connectivity index (χ0v) is 15.1. The summed E-state index contributed by atoms with van der Waals surface area (Å²) >= 11 is 0. The Morgan fingerprint density at radius 1 is 1.12 bits per heavy atom. The molecule has 2 aromatic rings. The average molecular weight is 370 g/mol. The van der Waals surface area contributed by atoms with Gasteiger partial charge in [0.1, 0.15) is 4.90 Å². The molecule has 7 heteroatoms. The Kier molecular flexibility index (Phi) is 3.84. The quantitative estimate of drug-likeness (QED) is 0.830. The van der Waals surface area contributed by atoms with E-state index in [9.17, 15) is 18.0 Å². The van der Waals surface area contributed by atoms with Crippen LogP contribution in [0.15, 0.2) is 53.4 Å². The molecule has 2 aromatic carbocycles. The van der Waals surface area contributed by atoms with E-state index in [0.29, 0.717) is 0 Å². The van der Waals surface area contributed by atoms with Gasteiger partial charge in [-0.25, -0.2) is 12.7 Å². The van der Waals surface area contributed by atoms with E-state index in [1.807, 2.05) is 31.2 Å². The number of hydrogen-bond acceptors (Lipinski definition) is 4. The Morgan fingerprint density at radius 2 is 1.81 bits per heavy atom. The first-order chi connectivity index (χ1) is 12.4. The monoisotopic (exact) mass is 370 g/mol. The van der Waals surface area contributed by atoms with Gasteiger partial charge in [0, 0.05) is 24.7 Å². The molecule has 0 bridgehead atoms. The topological polar surface area (TPSA) is 74.8 Å². The maximum Gasteiger partial charge on any atom is 0.269 e. The fourth-order valence-corrected chi connectivity index (χ4v) is 5.28.